The van der Waals surface area contributed by atoms with Crippen LogP contribution in [0.5, 0.6) is 34.5 Å². The molecule has 0 N–H and O–H groups in total. The van der Waals surface area contributed by atoms with Crippen LogP contribution in [0.4, 0.5) is 51.7 Å². The van der Waals surface area contributed by atoms with Gasteiger partial charge >= 0.3 is 0 Å². The van der Waals surface area contributed by atoms with Crippen LogP contribution >= 0.6 is 0 Å². The Morgan fingerprint density at radius 3 is 0.912 bits per heavy atom. The fourth-order valence-electron chi connectivity index (χ4n) is 16.2. The Labute approximate surface area is 589 Å². The molecule has 4 aliphatic carbocycles. The van der Waals surface area contributed by atoms with Crippen molar-refractivity contribution in [1.82, 2.24) is 0 Å². The molecule has 0 amide bonds. The van der Waals surface area contributed by atoms with Crippen LogP contribution in [-0.4, -0.2) is 14.2 Å². The normalized spacial score (nSPS) is 15.5. The summed E-state index contributed by atoms with van der Waals surface area (Å²) in [6.45, 7) is 0. The maximum absolute atomic E-state index is 16.8. The topological polar surface area (TPSA) is 43.4 Å². The molecule has 494 valence electrons. The van der Waals surface area contributed by atoms with Gasteiger partial charge in [0.25, 0.3) is 0 Å². The molecule has 0 radical (unpaired) electrons. The van der Waals surface area contributed by atoms with Crippen molar-refractivity contribution in [1.29, 1.82) is 0 Å². The fourth-order valence-corrected chi connectivity index (χ4v) is 16.2. The summed E-state index contributed by atoms with van der Waals surface area (Å²) in [5, 5.41) is 0. The number of anilines is 6. The first-order chi connectivity index (χ1) is 50.0. The Morgan fingerprint density at radius 1 is 0.265 bits per heavy atom. The molecule has 14 aromatic carbocycles. The first-order valence-electron chi connectivity index (χ1n) is 34.3. The third-order valence-electron chi connectivity index (χ3n) is 21.3. The van der Waals surface area contributed by atoms with Gasteiger partial charge in [-0.1, -0.05) is 158 Å². The standard InChI is InChI=1S/C92H64F4N2O4/c1-99-71-43-27-63(28-44-71)91(65-31-47-73(48-32-65)101-75-41-25-59-17-19-61(59)53-75)81-11-5-3-9-77(81)79-51-39-69(55-83(79)91)97(89-85(93)13-7-14-86(89)94)67-35-21-57(22-36-67)58-23-37-68(38-24-58)98(90-87(95)15-8-16-88(90)96)70-40-52-80-78-10-4-6-12-82(78)92(84(80)56-70,64-29-45-72(100-2)46-30-64)66-33-49-74(50-34-66)102-76-42-26-60-18-20-62(60)54-76/h3-16,21-56H,17-20H2,1-2H3. The van der Waals surface area contributed by atoms with E-state index in [4.69, 9.17) is 18.9 Å². The molecule has 10 heteroatoms. The number of rotatable bonds is 17. The summed E-state index contributed by atoms with van der Waals surface area (Å²) in [4.78, 5) is 3.28. The van der Waals surface area contributed by atoms with Crippen molar-refractivity contribution in [2.24, 2.45) is 0 Å². The number of methoxy groups -OCH3 is 2. The lowest BCUT2D eigenvalue weighted by molar-refractivity contribution is 0.414. The quantitative estimate of drug-likeness (QED) is 0.0847. The van der Waals surface area contributed by atoms with Crippen molar-refractivity contribution in [3.8, 4) is 67.9 Å². The Hall–Kier alpha value is -12.4. The Bertz CT molecular complexity index is 5220. The van der Waals surface area contributed by atoms with Gasteiger partial charge in [-0.25, -0.2) is 17.6 Å². The van der Waals surface area contributed by atoms with Gasteiger partial charge in [-0.2, -0.15) is 0 Å². The lowest BCUT2D eigenvalue weighted by atomic mass is 9.67. The molecule has 0 saturated carbocycles. The predicted octanol–water partition coefficient (Wildman–Crippen LogP) is 23.4. The molecule has 2 atom stereocenters. The van der Waals surface area contributed by atoms with Crippen molar-refractivity contribution in [3.05, 3.63) is 393 Å². The number of hydrogen-bond donors (Lipinski definition) is 0. The first kappa shape index (κ1) is 61.9. The van der Waals surface area contributed by atoms with Crippen LogP contribution in [0.2, 0.25) is 0 Å². The lowest BCUT2D eigenvalue weighted by Gasteiger charge is -2.35. The minimum atomic E-state index is -0.924. The summed E-state index contributed by atoms with van der Waals surface area (Å²) in [5.41, 5.74) is 18.4. The summed E-state index contributed by atoms with van der Waals surface area (Å²) in [6, 6.07) is 97.1. The van der Waals surface area contributed by atoms with E-state index >= 15 is 17.6 Å². The van der Waals surface area contributed by atoms with Gasteiger partial charge in [-0.3, -0.25) is 0 Å². The van der Waals surface area contributed by atoms with Gasteiger partial charge in [0, 0.05) is 22.7 Å². The molecule has 0 bridgehead atoms. The Morgan fingerprint density at radius 2 is 0.578 bits per heavy atom. The van der Waals surface area contributed by atoms with E-state index in [9.17, 15) is 0 Å². The first-order valence-corrected chi connectivity index (χ1v) is 34.3. The summed E-state index contributed by atoms with van der Waals surface area (Å²) in [7, 11) is 3.30. The molecule has 14 aromatic rings. The molecule has 0 aliphatic heterocycles. The highest BCUT2D eigenvalue weighted by Crippen LogP contribution is 2.60. The minimum absolute atomic E-state index is 0.243. The van der Waals surface area contributed by atoms with Gasteiger partial charge in [-0.15, -0.1) is 0 Å². The maximum Gasteiger partial charge on any atom is 0.150 e. The van der Waals surface area contributed by atoms with Gasteiger partial charge < -0.3 is 28.7 Å². The van der Waals surface area contributed by atoms with Crippen LogP contribution < -0.4 is 28.7 Å². The van der Waals surface area contributed by atoms with Crippen LogP contribution in [0.15, 0.2) is 303 Å². The number of para-hydroxylation sites is 2. The highest BCUT2D eigenvalue weighted by atomic mass is 19.1. The largest absolute Gasteiger partial charge is 0.497 e. The second-order valence-electron chi connectivity index (χ2n) is 26.5. The molecule has 102 heavy (non-hydrogen) atoms. The second kappa shape index (κ2) is 24.8. The van der Waals surface area contributed by atoms with Crippen molar-refractivity contribution in [2.75, 3.05) is 24.0 Å². The van der Waals surface area contributed by atoms with Gasteiger partial charge in [0.05, 0.1) is 25.0 Å². The average molecular weight is 1340 g/mol. The number of nitrogens with zero attached hydrogens (tertiary/aromatic N) is 2. The van der Waals surface area contributed by atoms with E-state index in [-0.39, 0.29) is 11.4 Å². The van der Waals surface area contributed by atoms with Crippen LogP contribution in [0.3, 0.4) is 0 Å². The summed E-state index contributed by atoms with van der Waals surface area (Å²) in [5.74, 6) is 1.39. The molecular formula is C92H64F4N2O4. The van der Waals surface area contributed by atoms with E-state index in [1.807, 2.05) is 133 Å². The van der Waals surface area contributed by atoms with E-state index < -0.39 is 34.1 Å². The van der Waals surface area contributed by atoms with Crippen LogP contribution in [0.25, 0.3) is 33.4 Å². The molecule has 4 aliphatic rings. The number of hydrogen-bond acceptors (Lipinski definition) is 6. The molecule has 2 unspecified atom stereocenters. The number of fused-ring (bicyclic) bond motifs is 8. The number of benzene rings is 14. The predicted molar refractivity (Wildman–Crippen MR) is 397 cm³/mol. The minimum Gasteiger partial charge on any atom is -0.497 e. The zero-order valence-electron chi connectivity index (χ0n) is 55.7. The monoisotopic (exact) mass is 1340 g/mol. The van der Waals surface area contributed by atoms with E-state index in [1.165, 1.54) is 58.7 Å². The number of ether oxygens (including phenoxy) is 4. The molecule has 0 spiro atoms. The molecule has 0 saturated heterocycles. The van der Waals surface area contributed by atoms with Crippen LogP contribution in [0, 0.1) is 23.3 Å². The zero-order chi connectivity index (χ0) is 68.8. The average Bonchev–Trinajstić information content (AvgIpc) is 1.52. The lowest BCUT2D eigenvalue weighted by Crippen LogP contribution is -2.29. The molecular weight excluding hydrogens is 1270 g/mol. The summed E-state index contributed by atoms with van der Waals surface area (Å²) >= 11 is 0. The molecule has 18 rings (SSSR count). The highest BCUT2D eigenvalue weighted by Gasteiger charge is 2.49. The third-order valence-corrected chi connectivity index (χ3v) is 21.3. The van der Waals surface area contributed by atoms with Crippen molar-refractivity contribution >= 4 is 34.1 Å². The number of halogens is 4. The van der Waals surface area contributed by atoms with Gasteiger partial charge in [0.15, 0.2) is 0 Å². The Balaban J connectivity index is 0.722. The highest BCUT2D eigenvalue weighted by molar-refractivity contribution is 5.92. The van der Waals surface area contributed by atoms with E-state index in [1.54, 1.807) is 24.0 Å². The van der Waals surface area contributed by atoms with Gasteiger partial charge in [-0.05, 0) is 271 Å². The smallest absolute Gasteiger partial charge is 0.150 e. The van der Waals surface area contributed by atoms with E-state index in [0.717, 1.165) is 115 Å². The maximum atomic E-state index is 16.8. The zero-order valence-corrected chi connectivity index (χ0v) is 55.7. The van der Waals surface area contributed by atoms with Crippen molar-refractivity contribution in [3.63, 3.8) is 0 Å². The van der Waals surface area contributed by atoms with Crippen LogP contribution in [0.1, 0.15) is 66.8 Å². The third kappa shape index (κ3) is 10.1. The van der Waals surface area contributed by atoms with Gasteiger partial charge in [0.1, 0.15) is 69.1 Å². The molecule has 0 heterocycles. The van der Waals surface area contributed by atoms with Gasteiger partial charge in [0.2, 0.25) is 0 Å². The SMILES string of the molecule is COc1ccc(C2(c3ccc(Oc4ccc5c(c4)CC5)cc3)c3ccccc3-c3ccc(N(c4ccc(-c5ccc(N(c6ccc7c(c6)C(c6ccc(OC)cc6)(c6ccc(Oc8ccc9c(c8)CC9)cc6)c6ccccc6-7)c6c(F)cccc6F)cc5)cc4)c4c(F)cccc4F)cc32)cc1. The van der Waals surface area contributed by atoms with Crippen LogP contribution in [-0.2, 0) is 36.5 Å². The molecule has 0 fully saturated rings. The van der Waals surface area contributed by atoms with Crippen molar-refractivity contribution < 1.29 is 36.5 Å². The molecule has 6 nitrogen and oxygen atoms in total. The summed E-state index contributed by atoms with van der Waals surface area (Å²) in [6.07, 6.45) is 4.25. The fraction of sp³-hybridized carbons (Fsp3) is 0.0870. The summed E-state index contributed by atoms with van der Waals surface area (Å²) < 4.78 is 91.5. The van der Waals surface area contributed by atoms with E-state index in [0.29, 0.717) is 45.7 Å². The molecule has 0 aromatic heterocycles. The van der Waals surface area contributed by atoms with E-state index in [2.05, 4.69) is 133 Å². The number of aryl methyl sites for hydroxylation is 4. The Kier molecular flexibility index (Phi) is 15.0. The second-order valence-corrected chi connectivity index (χ2v) is 26.5. The van der Waals surface area contributed by atoms with Crippen molar-refractivity contribution in [2.45, 2.75) is 36.5 Å².